The summed E-state index contributed by atoms with van der Waals surface area (Å²) >= 11 is 6.07. The van der Waals surface area contributed by atoms with E-state index in [0.717, 1.165) is 5.56 Å². The van der Waals surface area contributed by atoms with Crippen LogP contribution in [0.2, 0.25) is 5.02 Å². The van der Waals surface area contributed by atoms with Crippen molar-refractivity contribution in [3.8, 4) is 5.75 Å². The van der Waals surface area contributed by atoms with E-state index >= 15 is 0 Å². The van der Waals surface area contributed by atoms with E-state index in [1.165, 1.54) is 13.2 Å². The van der Waals surface area contributed by atoms with Crippen LogP contribution in [0.25, 0.3) is 0 Å². The normalized spacial score (nSPS) is 15.1. The van der Waals surface area contributed by atoms with Crippen LogP contribution in [0.15, 0.2) is 45.7 Å². The van der Waals surface area contributed by atoms with Crippen molar-refractivity contribution in [1.29, 1.82) is 0 Å². The third-order valence-electron chi connectivity index (χ3n) is 3.37. The minimum atomic E-state index is -3.65. The van der Waals surface area contributed by atoms with Gasteiger partial charge in [-0.2, -0.15) is 8.42 Å². The van der Waals surface area contributed by atoms with Crippen LogP contribution < -0.4 is 10.1 Å². The van der Waals surface area contributed by atoms with Crippen LogP contribution in [0.3, 0.4) is 0 Å². The molecule has 114 valence electrons. The number of rotatable bonds is 2. The van der Waals surface area contributed by atoms with Crippen LogP contribution in [0.5, 0.6) is 5.75 Å². The Kier molecular flexibility index (Phi) is 3.58. The Labute approximate surface area is 133 Å². The van der Waals surface area contributed by atoms with E-state index in [9.17, 15) is 8.42 Å². The lowest BCUT2D eigenvalue weighted by Crippen LogP contribution is -2.12. The molecule has 0 radical (unpaired) electrons. The van der Waals surface area contributed by atoms with Crippen molar-refractivity contribution < 1.29 is 13.2 Å². The topological polar surface area (TPSA) is 67.8 Å². The molecule has 5 nitrogen and oxygen atoms in total. The molecule has 7 heteroatoms. The first kappa shape index (κ1) is 14.9. The predicted octanol–water partition coefficient (Wildman–Crippen LogP) is 3.22. The Morgan fingerprint density at radius 2 is 1.95 bits per heavy atom. The SMILES string of the molecule is COc1cc(Cl)c(C)cc1NC1=NS(=O)(=O)c2ccccc21. The summed E-state index contributed by atoms with van der Waals surface area (Å²) in [5.74, 6) is 0.788. The second-order valence-corrected chi connectivity index (χ2v) is 6.82. The fourth-order valence-corrected chi connectivity index (χ4v) is 3.58. The lowest BCUT2D eigenvalue weighted by atomic mass is 10.1. The van der Waals surface area contributed by atoms with E-state index in [0.29, 0.717) is 22.0 Å². The summed E-state index contributed by atoms with van der Waals surface area (Å²) in [6.45, 7) is 1.86. The largest absolute Gasteiger partial charge is 0.495 e. The zero-order valence-electron chi connectivity index (χ0n) is 11.9. The van der Waals surface area contributed by atoms with Gasteiger partial charge in [-0.15, -0.1) is 4.40 Å². The smallest absolute Gasteiger partial charge is 0.285 e. The van der Waals surface area contributed by atoms with E-state index in [1.807, 2.05) is 6.92 Å². The second-order valence-electron chi connectivity index (χ2n) is 4.84. The van der Waals surface area contributed by atoms with Gasteiger partial charge in [0.15, 0.2) is 5.84 Å². The molecule has 0 bridgehead atoms. The van der Waals surface area contributed by atoms with E-state index in [4.69, 9.17) is 16.3 Å². The molecule has 1 N–H and O–H groups in total. The molecule has 0 fully saturated rings. The van der Waals surface area contributed by atoms with Crippen LogP contribution in [-0.2, 0) is 10.0 Å². The number of methoxy groups -OCH3 is 1. The van der Waals surface area contributed by atoms with Gasteiger partial charge in [0, 0.05) is 16.7 Å². The van der Waals surface area contributed by atoms with Crippen molar-refractivity contribution in [2.24, 2.45) is 4.40 Å². The van der Waals surface area contributed by atoms with Crippen molar-refractivity contribution in [3.63, 3.8) is 0 Å². The molecule has 2 aromatic carbocycles. The maximum atomic E-state index is 12.0. The number of sulfonamides is 1. The van der Waals surface area contributed by atoms with Gasteiger partial charge in [0.2, 0.25) is 0 Å². The number of halogens is 1. The second kappa shape index (κ2) is 5.30. The van der Waals surface area contributed by atoms with Crippen LogP contribution in [-0.4, -0.2) is 21.4 Å². The van der Waals surface area contributed by atoms with Gasteiger partial charge < -0.3 is 10.1 Å². The van der Waals surface area contributed by atoms with E-state index in [1.54, 1.807) is 30.3 Å². The van der Waals surface area contributed by atoms with Crippen molar-refractivity contribution >= 4 is 33.1 Å². The van der Waals surface area contributed by atoms with Gasteiger partial charge in [-0.3, -0.25) is 0 Å². The van der Waals surface area contributed by atoms with Crippen LogP contribution in [0.4, 0.5) is 5.69 Å². The number of anilines is 1. The third-order valence-corrected chi connectivity index (χ3v) is 5.11. The number of benzene rings is 2. The minimum Gasteiger partial charge on any atom is -0.495 e. The highest BCUT2D eigenvalue weighted by molar-refractivity contribution is 7.90. The van der Waals surface area contributed by atoms with E-state index < -0.39 is 10.0 Å². The molecule has 0 aliphatic carbocycles. The van der Waals surface area contributed by atoms with Crippen molar-refractivity contribution in [2.75, 3.05) is 12.4 Å². The highest BCUT2D eigenvalue weighted by Crippen LogP contribution is 2.33. The van der Waals surface area contributed by atoms with Crippen molar-refractivity contribution in [1.82, 2.24) is 0 Å². The molecule has 0 saturated heterocycles. The molecule has 0 spiro atoms. The zero-order valence-corrected chi connectivity index (χ0v) is 13.5. The average molecular weight is 337 g/mol. The van der Waals surface area contributed by atoms with Crippen LogP contribution in [0, 0.1) is 6.92 Å². The first-order valence-corrected chi connectivity index (χ1v) is 8.30. The third kappa shape index (κ3) is 2.44. The molecule has 1 aliphatic rings. The van der Waals surface area contributed by atoms with Gasteiger partial charge in [0.05, 0.1) is 12.8 Å². The van der Waals surface area contributed by atoms with E-state index in [-0.39, 0.29) is 10.7 Å². The van der Waals surface area contributed by atoms with Gasteiger partial charge in [0.25, 0.3) is 10.0 Å². The fraction of sp³-hybridized carbons (Fsp3) is 0.133. The van der Waals surface area contributed by atoms with Crippen LogP contribution >= 0.6 is 11.6 Å². The summed E-state index contributed by atoms with van der Waals surface area (Å²) in [5, 5.41) is 3.60. The first-order valence-electron chi connectivity index (χ1n) is 6.48. The van der Waals surface area contributed by atoms with Crippen molar-refractivity contribution in [3.05, 3.63) is 52.5 Å². The molecular weight excluding hydrogens is 324 g/mol. The number of hydrogen-bond acceptors (Lipinski definition) is 4. The highest BCUT2D eigenvalue weighted by Gasteiger charge is 2.28. The Morgan fingerprint density at radius 1 is 1.23 bits per heavy atom. The Bertz CT molecular complexity index is 892. The molecule has 0 unspecified atom stereocenters. The van der Waals surface area contributed by atoms with Gasteiger partial charge in [-0.05, 0) is 30.7 Å². The Hall–Kier alpha value is -2.05. The molecule has 2 aromatic rings. The average Bonchev–Trinajstić information content (AvgIpc) is 2.74. The molecule has 22 heavy (non-hydrogen) atoms. The summed E-state index contributed by atoms with van der Waals surface area (Å²) in [6, 6.07) is 10.1. The zero-order chi connectivity index (χ0) is 15.9. The summed E-state index contributed by atoms with van der Waals surface area (Å²) in [4.78, 5) is 0.196. The van der Waals surface area contributed by atoms with Gasteiger partial charge in [0.1, 0.15) is 10.6 Å². The number of fused-ring (bicyclic) bond motifs is 1. The summed E-state index contributed by atoms with van der Waals surface area (Å²) in [7, 11) is -2.13. The Balaban J connectivity index is 2.07. The standard InChI is InChI=1S/C15H13ClN2O3S/c1-9-7-12(13(21-2)8-11(9)16)17-15-10-5-3-4-6-14(10)22(19,20)18-15/h3-8H,1-2H3,(H,17,18). The molecule has 0 aromatic heterocycles. The number of aryl methyl sites for hydroxylation is 1. The maximum absolute atomic E-state index is 12.0. The molecular formula is C15H13ClN2O3S. The Morgan fingerprint density at radius 3 is 2.68 bits per heavy atom. The lowest BCUT2D eigenvalue weighted by molar-refractivity contribution is 0.417. The number of nitrogens with zero attached hydrogens (tertiary/aromatic N) is 1. The van der Waals surface area contributed by atoms with Crippen LogP contribution in [0.1, 0.15) is 11.1 Å². The number of ether oxygens (including phenoxy) is 1. The molecule has 0 saturated carbocycles. The molecule has 3 rings (SSSR count). The van der Waals surface area contributed by atoms with Crippen molar-refractivity contribution in [2.45, 2.75) is 11.8 Å². The summed E-state index contributed by atoms with van der Waals surface area (Å²) in [6.07, 6.45) is 0. The predicted molar refractivity (Wildman–Crippen MR) is 86.5 cm³/mol. The number of nitrogens with one attached hydrogen (secondary N) is 1. The highest BCUT2D eigenvalue weighted by atomic mass is 35.5. The molecule has 1 heterocycles. The lowest BCUT2D eigenvalue weighted by Gasteiger charge is -2.13. The quantitative estimate of drug-likeness (QED) is 0.914. The number of hydrogen-bond donors (Lipinski definition) is 1. The minimum absolute atomic E-state index is 0.196. The molecule has 0 amide bonds. The monoisotopic (exact) mass is 336 g/mol. The summed E-state index contributed by atoms with van der Waals surface area (Å²) in [5.41, 5.74) is 1.99. The van der Waals surface area contributed by atoms with Gasteiger partial charge in [-0.1, -0.05) is 23.7 Å². The maximum Gasteiger partial charge on any atom is 0.285 e. The molecule has 1 aliphatic heterocycles. The number of amidine groups is 1. The van der Waals surface area contributed by atoms with Gasteiger partial charge >= 0.3 is 0 Å². The van der Waals surface area contributed by atoms with Gasteiger partial charge in [-0.25, -0.2) is 0 Å². The fourth-order valence-electron chi connectivity index (χ4n) is 2.25. The molecule has 0 atom stereocenters. The van der Waals surface area contributed by atoms with E-state index in [2.05, 4.69) is 9.71 Å². The summed E-state index contributed by atoms with van der Waals surface area (Å²) < 4.78 is 33.2. The first-order chi connectivity index (χ1) is 10.4.